The van der Waals surface area contributed by atoms with E-state index in [1.165, 1.54) is 12.1 Å². The predicted octanol–water partition coefficient (Wildman–Crippen LogP) is 0.827. The summed E-state index contributed by atoms with van der Waals surface area (Å²) in [6, 6.07) is 6.50. The van der Waals surface area contributed by atoms with Gasteiger partial charge in [0.1, 0.15) is 5.84 Å². The summed E-state index contributed by atoms with van der Waals surface area (Å²) in [5.74, 6) is -0.189. The van der Waals surface area contributed by atoms with Crippen molar-refractivity contribution < 1.29 is 14.4 Å². The molecule has 1 heterocycles. The van der Waals surface area contributed by atoms with Gasteiger partial charge in [0.05, 0.1) is 37.4 Å². The number of nitrogens with zero attached hydrogens (tertiary/aromatic N) is 3. The number of aliphatic imine (C=N–C) groups is 2. The third-order valence-corrected chi connectivity index (χ3v) is 5.11. The van der Waals surface area contributed by atoms with Crippen molar-refractivity contribution in [3.8, 4) is 0 Å². The Balaban J connectivity index is 1.73. The average Bonchev–Trinajstić information content (AvgIpc) is 3.26. The van der Waals surface area contributed by atoms with Crippen molar-refractivity contribution in [3.05, 3.63) is 39.9 Å². The second kappa shape index (κ2) is 11.1. The van der Waals surface area contributed by atoms with E-state index in [4.69, 9.17) is 25.9 Å². The molecule has 0 bridgehead atoms. The van der Waals surface area contributed by atoms with E-state index in [1.54, 1.807) is 12.1 Å². The van der Waals surface area contributed by atoms with Crippen LogP contribution >= 0.6 is 0 Å². The van der Waals surface area contributed by atoms with Gasteiger partial charge in [-0.15, -0.1) is 0 Å². The Morgan fingerprint density at radius 2 is 1.97 bits per heavy atom. The van der Waals surface area contributed by atoms with Gasteiger partial charge in [0, 0.05) is 30.7 Å². The Kier molecular flexibility index (Phi) is 8.29. The molecule has 31 heavy (non-hydrogen) atoms. The number of ether oxygens (including phenoxy) is 2. The zero-order valence-corrected chi connectivity index (χ0v) is 17.6. The van der Waals surface area contributed by atoms with Gasteiger partial charge in [0.25, 0.3) is 5.69 Å². The van der Waals surface area contributed by atoms with Gasteiger partial charge >= 0.3 is 0 Å². The summed E-state index contributed by atoms with van der Waals surface area (Å²) in [6.45, 7) is 2.22. The SMILES string of the molecule is NCCOCCOCCC1(N)N=C(c2cccc([N+](=O)[O-])c2)NC(=NC2CCCC2)N1. The van der Waals surface area contributed by atoms with E-state index in [1.807, 2.05) is 0 Å². The van der Waals surface area contributed by atoms with Crippen LogP contribution in [0, 0.1) is 10.1 Å². The van der Waals surface area contributed by atoms with Crippen molar-refractivity contribution in [3.63, 3.8) is 0 Å². The Morgan fingerprint density at radius 3 is 2.68 bits per heavy atom. The summed E-state index contributed by atoms with van der Waals surface area (Å²) in [7, 11) is 0. The zero-order valence-electron chi connectivity index (χ0n) is 17.6. The van der Waals surface area contributed by atoms with Gasteiger partial charge in [-0.2, -0.15) is 0 Å². The van der Waals surface area contributed by atoms with Crippen molar-refractivity contribution in [2.45, 2.75) is 43.9 Å². The maximum Gasteiger partial charge on any atom is 0.270 e. The number of nitrogens with two attached hydrogens (primary N) is 2. The van der Waals surface area contributed by atoms with Gasteiger partial charge in [-0.25, -0.2) is 9.98 Å². The van der Waals surface area contributed by atoms with E-state index in [2.05, 4.69) is 15.6 Å². The lowest BCUT2D eigenvalue weighted by Gasteiger charge is -2.34. The van der Waals surface area contributed by atoms with Crippen LogP contribution in [-0.2, 0) is 9.47 Å². The third kappa shape index (κ3) is 6.96. The monoisotopic (exact) mass is 433 g/mol. The Morgan fingerprint density at radius 1 is 1.23 bits per heavy atom. The van der Waals surface area contributed by atoms with Crippen LogP contribution in [0.1, 0.15) is 37.7 Å². The van der Waals surface area contributed by atoms with Crippen LogP contribution in [-0.4, -0.2) is 61.5 Å². The molecule has 1 aromatic carbocycles. The number of benzene rings is 1. The maximum absolute atomic E-state index is 11.2. The number of nitro benzene ring substituents is 1. The average molecular weight is 434 g/mol. The standard InChI is InChI=1S/C20H31N7O4/c21-9-11-31-13-12-30-10-8-20(22)25-18(15-4-3-7-17(14-15)27(28)29)24-19(26-20)23-16-5-1-2-6-16/h3-4,7,14,16H,1-2,5-6,8-13,21-22H2,(H2,23,24,25,26). The van der Waals surface area contributed by atoms with E-state index in [0.717, 1.165) is 25.7 Å². The second-order valence-corrected chi connectivity index (χ2v) is 7.62. The number of hydrogen-bond donors (Lipinski definition) is 4. The molecular formula is C20H31N7O4. The van der Waals surface area contributed by atoms with Crippen molar-refractivity contribution in [2.24, 2.45) is 21.5 Å². The summed E-state index contributed by atoms with van der Waals surface area (Å²) in [5.41, 5.74) is 12.5. The first-order valence-corrected chi connectivity index (χ1v) is 10.6. The van der Waals surface area contributed by atoms with Gasteiger partial charge in [0.2, 0.25) is 0 Å². The van der Waals surface area contributed by atoms with Crippen molar-refractivity contribution in [1.82, 2.24) is 10.6 Å². The molecule has 3 rings (SSSR count). The molecule has 1 unspecified atom stereocenters. The highest BCUT2D eigenvalue weighted by Gasteiger charge is 2.32. The molecule has 0 amide bonds. The molecule has 11 nitrogen and oxygen atoms in total. The van der Waals surface area contributed by atoms with Crippen LogP contribution in [0.3, 0.4) is 0 Å². The lowest BCUT2D eigenvalue weighted by molar-refractivity contribution is -0.384. The number of guanidine groups is 1. The van der Waals surface area contributed by atoms with Crippen LogP contribution in [0.25, 0.3) is 0 Å². The minimum Gasteiger partial charge on any atom is -0.379 e. The number of amidine groups is 1. The molecule has 170 valence electrons. The van der Waals surface area contributed by atoms with E-state index in [0.29, 0.717) is 56.8 Å². The normalized spacial score (nSPS) is 22.8. The first-order chi connectivity index (χ1) is 15.0. The van der Waals surface area contributed by atoms with Crippen LogP contribution in [0.4, 0.5) is 5.69 Å². The van der Waals surface area contributed by atoms with E-state index < -0.39 is 10.7 Å². The minimum absolute atomic E-state index is 0.0155. The maximum atomic E-state index is 11.2. The lowest BCUT2D eigenvalue weighted by atomic mass is 10.1. The van der Waals surface area contributed by atoms with E-state index in [9.17, 15) is 10.1 Å². The van der Waals surface area contributed by atoms with Gasteiger partial charge < -0.3 is 25.8 Å². The molecule has 1 aromatic rings. The lowest BCUT2D eigenvalue weighted by Crippen LogP contribution is -2.64. The Labute approximate surface area is 181 Å². The summed E-state index contributed by atoms with van der Waals surface area (Å²) in [6.07, 6.45) is 4.75. The van der Waals surface area contributed by atoms with Crippen LogP contribution in [0.15, 0.2) is 34.3 Å². The minimum atomic E-state index is -1.15. The van der Waals surface area contributed by atoms with Crippen LogP contribution in [0.5, 0.6) is 0 Å². The van der Waals surface area contributed by atoms with E-state index in [-0.39, 0.29) is 11.7 Å². The summed E-state index contributed by atoms with van der Waals surface area (Å²) in [4.78, 5) is 20.1. The molecule has 0 spiro atoms. The fourth-order valence-electron chi connectivity index (χ4n) is 3.54. The highest BCUT2D eigenvalue weighted by Crippen LogP contribution is 2.22. The van der Waals surface area contributed by atoms with Gasteiger partial charge in [-0.1, -0.05) is 25.0 Å². The quantitative estimate of drug-likeness (QED) is 0.226. The highest BCUT2D eigenvalue weighted by atomic mass is 16.6. The molecule has 0 saturated heterocycles. The fraction of sp³-hybridized carbons (Fsp3) is 0.600. The predicted molar refractivity (Wildman–Crippen MR) is 118 cm³/mol. The largest absolute Gasteiger partial charge is 0.379 e. The molecule has 1 aliphatic heterocycles. The topological polar surface area (TPSA) is 162 Å². The number of hydrogen-bond acceptors (Lipinski definition) is 8. The van der Waals surface area contributed by atoms with Crippen LogP contribution in [0.2, 0.25) is 0 Å². The third-order valence-electron chi connectivity index (χ3n) is 5.11. The first-order valence-electron chi connectivity index (χ1n) is 10.6. The highest BCUT2D eigenvalue weighted by molar-refractivity contribution is 6.10. The number of non-ortho nitro benzene ring substituents is 1. The fourth-order valence-corrected chi connectivity index (χ4v) is 3.54. The van der Waals surface area contributed by atoms with Gasteiger partial charge in [0.15, 0.2) is 11.7 Å². The molecule has 11 heteroatoms. The molecule has 1 saturated carbocycles. The number of nitro groups is 1. The molecule has 0 aromatic heterocycles. The first kappa shape index (κ1) is 23.1. The zero-order chi connectivity index (χ0) is 22.1. The summed E-state index contributed by atoms with van der Waals surface area (Å²) in [5, 5.41) is 17.5. The second-order valence-electron chi connectivity index (χ2n) is 7.62. The summed E-state index contributed by atoms with van der Waals surface area (Å²) >= 11 is 0. The van der Waals surface area contributed by atoms with Gasteiger partial charge in [-0.05, 0) is 12.8 Å². The van der Waals surface area contributed by atoms with Crippen LogP contribution < -0.4 is 22.1 Å². The molecule has 2 aliphatic rings. The molecule has 0 radical (unpaired) electrons. The molecule has 6 N–H and O–H groups in total. The van der Waals surface area contributed by atoms with E-state index >= 15 is 0 Å². The molecular weight excluding hydrogens is 402 g/mol. The number of rotatable bonds is 11. The molecule has 1 aliphatic carbocycles. The van der Waals surface area contributed by atoms with Crippen molar-refractivity contribution in [2.75, 3.05) is 33.0 Å². The number of nitrogens with one attached hydrogen (secondary N) is 2. The Bertz CT molecular complexity index is 810. The van der Waals surface area contributed by atoms with Gasteiger partial charge in [-0.3, -0.25) is 15.8 Å². The Hall–Kier alpha value is -2.60. The smallest absolute Gasteiger partial charge is 0.270 e. The van der Waals surface area contributed by atoms with Crippen molar-refractivity contribution >= 4 is 17.5 Å². The molecule has 1 atom stereocenters. The van der Waals surface area contributed by atoms with Crippen molar-refractivity contribution in [1.29, 1.82) is 0 Å². The molecule has 1 fully saturated rings. The summed E-state index contributed by atoms with van der Waals surface area (Å²) < 4.78 is 10.9.